The molecular weight excluding hydrogens is 246 g/mol. The Morgan fingerprint density at radius 2 is 1.95 bits per heavy atom. The second-order valence-electron chi connectivity index (χ2n) is 6.15. The Balaban J connectivity index is 2.41. The van der Waals surface area contributed by atoms with Crippen LogP contribution in [0.5, 0.6) is 0 Å². The lowest BCUT2D eigenvalue weighted by Gasteiger charge is -2.33. The molecular formula is C17H25N3. The summed E-state index contributed by atoms with van der Waals surface area (Å²) in [5, 5.41) is 2.46. The van der Waals surface area contributed by atoms with E-state index in [9.17, 15) is 0 Å². The third-order valence-electron chi connectivity index (χ3n) is 3.62. The molecule has 0 aliphatic rings. The highest BCUT2D eigenvalue weighted by atomic mass is 15.2. The van der Waals surface area contributed by atoms with Crippen LogP contribution in [0.1, 0.15) is 27.2 Å². The lowest BCUT2D eigenvalue weighted by atomic mass is 9.93. The minimum atomic E-state index is 0.0911. The predicted octanol–water partition coefficient (Wildman–Crippen LogP) is 3.44. The highest BCUT2D eigenvalue weighted by Crippen LogP contribution is 2.27. The van der Waals surface area contributed by atoms with Crippen molar-refractivity contribution in [3.05, 3.63) is 36.5 Å². The summed E-state index contributed by atoms with van der Waals surface area (Å²) in [6, 6.07) is 10.5. The van der Waals surface area contributed by atoms with Crippen LogP contribution >= 0.6 is 0 Å². The molecule has 0 spiro atoms. The summed E-state index contributed by atoms with van der Waals surface area (Å²) in [4.78, 5) is 7.00. The monoisotopic (exact) mass is 271 g/mol. The van der Waals surface area contributed by atoms with Crippen LogP contribution in [0, 0.1) is 5.41 Å². The topological polar surface area (TPSA) is 42.1 Å². The fraction of sp³-hybridized carbons (Fsp3) is 0.471. The molecule has 108 valence electrons. The molecule has 0 radical (unpaired) electrons. The van der Waals surface area contributed by atoms with Gasteiger partial charge in [-0.15, -0.1) is 0 Å². The summed E-state index contributed by atoms with van der Waals surface area (Å²) in [5.41, 5.74) is 5.99. The van der Waals surface area contributed by atoms with Crippen LogP contribution in [0.2, 0.25) is 0 Å². The van der Waals surface area contributed by atoms with Gasteiger partial charge in [-0.2, -0.15) is 0 Å². The fourth-order valence-corrected chi connectivity index (χ4v) is 2.47. The van der Waals surface area contributed by atoms with E-state index < -0.39 is 0 Å². The van der Waals surface area contributed by atoms with Gasteiger partial charge in [-0.05, 0) is 29.8 Å². The number of aromatic nitrogens is 1. The van der Waals surface area contributed by atoms with Crippen LogP contribution < -0.4 is 10.6 Å². The quantitative estimate of drug-likeness (QED) is 0.875. The van der Waals surface area contributed by atoms with Gasteiger partial charge in [0.1, 0.15) is 5.82 Å². The first kappa shape index (κ1) is 14.8. The van der Waals surface area contributed by atoms with E-state index in [4.69, 9.17) is 5.73 Å². The van der Waals surface area contributed by atoms with Crippen molar-refractivity contribution in [1.82, 2.24) is 4.98 Å². The van der Waals surface area contributed by atoms with Crippen LogP contribution in [0.15, 0.2) is 36.5 Å². The smallest absolute Gasteiger partial charge is 0.136 e. The Morgan fingerprint density at radius 3 is 2.65 bits per heavy atom. The summed E-state index contributed by atoms with van der Waals surface area (Å²) >= 11 is 0. The van der Waals surface area contributed by atoms with Crippen molar-refractivity contribution in [2.75, 3.05) is 24.5 Å². The molecule has 0 amide bonds. The van der Waals surface area contributed by atoms with Gasteiger partial charge in [-0.25, -0.2) is 4.98 Å². The summed E-state index contributed by atoms with van der Waals surface area (Å²) in [6.45, 7) is 9.23. The Hall–Kier alpha value is -1.61. The molecule has 2 aromatic rings. The lowest BCUT2D eigenvalue weighted by molar-refractivity contribution is 0.377. The van der Waals surface area contributed by atoms with Gasteiger partial charge >= 0.3 is 0 Å². The number of rotatable bonds is 6. The Bertz CT molecular complexity index is 558. The van der Waals surface area contributed by atoms with E-state index in [-0.39, 0.29) is 5.41 Å². The number of fused-ring (bicyclic) bond motifs is 1. The van der Waals surface area contributed by atoms with E-state index in [1.165, 1.54) is 10.8 Å². The molecule has 0 unspecified atom stereocenters. The Morgan fingerprint density at radius 1 is 1.20 bits per heavy atom. The minimum absolute atomic E-state index is 0.0911. The molecule has 1 aromatic carbocycles. The molecule has 1 heterocycles. The summed E-state index contributed by atoms with van der Waals surface area (Å²) in [5.74, 6) is 1.08. The van der Waals surface area contributed by atoms with Gasteiger partial charge in [0.2, 0.25) is 0 Å². The molecule has 2 N–H and O–H groups in total. The third-order valence-corrected chi connectivity index (χ3v) is 3.62. The van der Waals surface area contributed by atoms with Gasteiger partial charge in [0.15, 0.2) is 0 Å². The molecule has 0 aliphatic carbocycles. The van der Waals surface area contributed by atoms with Crippen LogP contribution in [-0.2, 0) is 0 Å². The Kier molecular flexibility index (Phi) is 4.61. The average Bonchev–Trinajstić information content (AvgIpc) is 2.46. The second kappa shape index (κ2) is 6.23. The molecule has 3 heteroatoms. The number of nitrogens with two attached hydrogens (primary N) is 1. The van der Waals surface area contributed by atoms with Crippen molar-refractivity contribution >= 4 is 16.6 Å². The molecule has 0 bridgehead atoms. The second-order valence-corrected chi connectivity index (χ2v) is 6.15. The van der Waals surface area contributed by atoms with E-state index in [1.54, 1.807) is 0 Å². The SMILES string of the molecule is CCCN(CC(C)(C)CN)c1nccc2ccccc12. The maximum Gasteiger partial charge on any atom is 0.136 e. The number of anilines is 1. The minimum Gasteiger partial charge on any atom is -0.356 e. The zero-order valence-electron chi connectivity index (χ0n) is 12.8. The number of hydrogen-bond acceptors (Lipinski definition) is 3. The van der Waals surface area contributed by atoms with Crippen molar-refractivity contribution in [3.8, 4) is 0 Å². The van der Waals surface area contributed by atoms with Crippen LogP contribution in [0.4, 0.5) is 5.82 Å². The molecule has 0 saturated heterocycles. The summed E-state index contributed by atoms with van der Waals surface area (Å²) in [7, 11) is 0. The van der Waals surface area contributed by atoms with Crippen LogP contribution in [0.25, 0.3) is 10.8 Å². The van der Waals surface area contributed by atoms with Gasteiger partial charge in [0.25, 0.3) is 0 Å². The molecule has 2 rings (SSSR count). The van der Waals surface area contributed by atoms with Gasteiger partial charge in [-0.3, -0.25) is 0 Å². The van der Waals surface area contributed by atoms with Crippen molar-refractivity contribution < 1.29 is 0 Å². The first-order chi connectivity index (χ1) is 9.57. The highest BCUT2D eigenvalue weighted by Gasteiger charge is 2.21. The molecule has 0 saturated carbocycles. The fourth-order valence-electron chi connectivity index (χ4n) is 2.47. The van der Waals surface area contributed by atoms with E-state index in [2.05, 4.69) is 61.0 Å². The Labute approximate surface area is 121 Å². The number of pyridine rings is 1. The number of nitrogens with zero attached hydrogens (tertiary/aromatic N) is 2. The largest absolute Gasteiger partial charge is 0.356 e. The van der Waals surface area contributed by atoms with Gasteiger partial charge in [0.05, 0.1) is 0 Å². The summed E-state index contributed by atoms with van der Waals surface area (Å²) in [6.07, 6.45) is 3.00. The predicted molar refractivity (Wildman–Crippen MR) is 87.1 cm³/mol. The van der Waals surface area contributed by atoms with Crippen LogP contribution in [0.3, 0.4) is 0 Å². The van der Waals surface area contributed by atoms with Gasteiger partial charge in [0, 0.05) is 24.7 Å². The molecule has 0 fully saturated rings. The third kappa shape index (κ3) is 3.28. The maximum absolute atomic E-state index is 5.89. The molecule has 20 heavy (non-hydrogen) atoms. The van der Waals surface area contributed by atoms with E-state index in [1.807, 2.05) is 6.20 Å². The number of benzene rings is 1. The first-order valence-electron chi connectivity index (χ1n) is 7.36. The van der Waals surface area contributed by atoms with Crippen LogP contribution in [-0.4, -0.2) is 24.6 Å². The van der Waals surface area contributed by atoms with E-state index in [0.29, 0.717) is 6.54 Å². The highest BCUT2D eigenvalue weighted by molar-refractivity contribution is 5.92. The standard InChI is InChI=1S/C17H25N3/c1-4-11-20(13-17(2,3)12-18)16-15-8-6-5-7-14(15)9-10-19-16/h5-10H,4,11-13,18H2,1-3H3. The summed E-state index contributed by atoms with van der Waals surface area (Å²) < 4.78 is 0. The maximum atomic E-state index is 5.89. The molecule has 0 atom stereocenters. The first-order valence-corrected chi connectivity index (χ1v) is 7.36. The van der Waals surface area contributed by atoms with Gasteiger partial charge < -0.3 is 10.6 Å². The van der Waals surface area contributed by atoms with E-state index in [0.717, 1.165) is 25.3 Å². The van der Waals surface area contributed by atoms with E-state index >= 15 is 0 Å². The zero-order valence-corrected chi connectivity index (χ0v) is 12.8. The zero-order chi connectivity index (χ0) is 14.6. The van der Waals surface area contributed by atoms with Gasteiger partial charge in [-0.1, -0.05) is 45.0 Å². The average molecular weight is 271 g/mol. The lowest BCUT2D eigenvalue weighted by Crippen LogP contribution is -2.39. The normalized spacial score (nSPS) is 11.8. The molecule has 0 aliphatic heterocycles. The van der Waals surface area contributed by atoms with Crippen molar-refractivity contribution in [3.63, 3.8) is 0 Å². The number of hydrogen-bond donors (Lipinski definition) is 1. The van der Waals surface area contributed by atoms with Crippen molar-refractivity contribution in [2.45, 2.75) is 27.2 Å². The van der Waals surface area contributed by atoms with Crippen molar-refractivity contribution in [1.29, 1.82) is 0 Å². The van der Waals surface area contributed by atoms with Crippen molar-refractivity contribution in [2.24, 2.45) is 11.1 Å². The molecule has 1 aromatic heterocycles. The molecule has 3 nitrogen and oxygen atoms in total.